The molecule has 0 bridgehead atoms. The molecule has 9 nitrogen and oxygen atoms in total. The number of rotatable bonds is 13. The molecule has 0 saturated heterocycles. The van der Waals surface area contributed by atoms with Crippen molar-refractivity contribution in [3.63, 3.8) is 0 Å². The van der Waals surface area contributed by atoms with Crippen molar-refractivity contribution in [1.82, 2.24) is 10.2 Å². The molecule has 0 spiro atoms. The lowest BCUT2D eigenvalue weighted by atomic mass is 10.0. The lowest BCUT2D eigenvalue weighted by molar-refractivity contribution is -0.140. The Kier molecular flexibility index (Phi) is 11.3. The van der Waals surface area contributed by atoms with Gasteiger partial charge in [0, 0.05) is 24.6 Å². The van der Waals surface area contributed by atoms with E-state index < -0.39 is 34.1 Å². The van der Waals surface area contributed by atoms with E-state index in [0.717, 1.165) is 21.0 Å². The highest BCUT2D eigenvalue weighted by Crippen LogP contribution is 2.34. The first-order chi connectivity index (χ1) is 22.3. The van der Waals surface area contributed by atoms with Crippen LogP contribution >= 0.6 is 0 Å². The number of carbonyl (C=O) groups excluding carboxylic acids is 2. The number of amides is 2. The van der Waals surface area contributed by atoms with Gasteiger partial charge in [-0.15, -0.1) is 0 Å². The first kappa shape index (κ1) is 35.0. The minimum atomic E-state index is -4.25. The molecule has 4 aromatic rings. The van der Waals surface area contributed by atoms with Gasteiger partial charge in [0.25, 0.3) is 10.0 Å². The van der Waals surface area contributed by atoms with Crippen molar-refractivity contribution in [2.75, 3.05) is 25.1 Å². The predicted molar refractivity (Wildman–Crippen MR) is 184 cm³/mol. The van der Waals surface area contributed by atoms with Crippen LogP contribution < -0.4 is 19.1 Å². The van der Waals surface area contributed by atoms with Crippen LogP contribution in [0.3, 0.4) is 0 Å². The Morgan fingerprint density at radius 2 is 1.40 bits per heavy atom. The fourth-order valence-electron chi connectivity index (χ4n) is 5.24. The first-order valence-electron chi connectivity index (χ1n) is 15.3. The van der Waals surface area contributed by atoms with Crippen LogP contribution in [0.5, 0.6) is 11.5 Å². The zero-order valence-corrected chi connectivity index (χ0v) is 28.6. The van der Waals surface area contributed by atoms with Gasteiger partial charge in [-0.05, 0) is 63.1 Å². The summed E-state index contributed by atoms with van der Waals surface area (Å²) < 4.78 is 40.4. The molecular weight excluding hydrogens is 614 g/mol. The predicted octanol–water partition coefficient (Wildman–Crippen LogP) is 5.76. The second-order valence-corrected chi connectivity index (χ2v) is 14.2. The number of sulfonamides is 1. The van der Waals surface area contributed by atoms with Crippen LogP contribution in [0, 0.1) is 6.92 Å². The van der Waals surface area contributed by atoms with Crippen molar-refractivity contribution >= 4 is 27.5 Å². The average molecular weight is 658 g/mol. The van der Waals surface area contributed by atoms with Gasteiger partial charge in [-0.3, -0.25) is 13.9 Å². The molecule has 1 N–H and O–H groups in total. The van der Waals surface area contributed by atoms with E-state index in [-0.39, 0.29) is 29.5 Å². The Bertz CT molecular complexity index is 1770. The molecule has 47 heavy (non-hydrogen) atoms. The third-order valence-corrected chi connectivity index (χ3v) is 9.26. The van der Waals surface area contributed by atoms with Gasteiger partial charge in [-0.25, -0.2) is 8.42 Å². The van der Waals surface area contributed by atoms with Gasteiger partial charge in [-0.1, -0.05) is 78.4 Å². The SMILES string of the molecule is COc1ccc(N(CC(=O)N(Cc2cccc(C)c2)C(Cc2ccccc2)C(=O)NC(C)(C)C)S(=O)(=O)c2ccccc2)cc1OC. The maximum atomic E-state index is 14.7. The third-order valence-electron chi connectivity index (χ3n) is 7.47. The van der Waals surface area contributed by atoms with Crippen molar-refractivity contribution in [3.05, 3.63) is 120 Å². The number of anilines is 1. The molecule has 0 heterocycles. The zero-order valence-electron chi connectivity index (χ0n) is 27.8. The summed E-state index contributed by atoms with van der Waals surface area (Å²) in [6, 6.07) is 28.8. The van der Waals surface area contributed by atoms with E-state index in [9.17, 15) is 18.0 Å². The standard InChI is InChI=1S/C37H43N3O6S/c1-27-14-13-17-29(22-27)25-39(32(36(42)38-37(2,3)4)23-28-15-9-7-10-16-28)35(41)26-40(47(43,44)31-18-11-8-12-19-31)30-20-21-33(45-5)34(24-30)46-6/h7-22,24,32H,23,25-26H2,1-6H3,(H,38,42). The summed E-state index contributed by atoms with van der Waals surface area (Å²) in [5.41, 5.74) is 2.29. The van der Waals surface area contributed by atoms with Gasteiger partial charge >= 0.3 is 0 Å². The molecule has 248 valence electrons. The Morgan fingerprint density at radius 1 is 0.787 bits per heavy atom. The minimum Gasteiger partial charge on any atom is -0.493 e. The van der Waals surface area contributed by atoms with Crippen molar-refractivity contribution < 1.29 is 27.5 Å². The zero-order chi connectivity index (χ0) is 34.2. The summed E-state index contributed by atoms with van der Waals surface area (Å²) in [5, 5.41) is 3.05. The molecule has 0 aliphatic carbocycles. The lowest BCUT2D eigenvalue weighted by Gasteiger charge is -2.35. The molecule has 0 aliphatic rings. The molecule has 2 amide bonds. The minimum absolute atomic E-state index is 0.0131. The highest BCUT2D eigenvalue weighted by atomic mass is 32.2. The van der Waals surface area contributed by atoms with Gasteiger partial charge in [0.15, 0.2) is 11.5 Å². The van der Waals surface area contributed by atoms with E-state index in [0.29, 0.717) is 11.5 Å². The smallest absolute Gasteiger partial charge is 0.264 e. The highest BCUT2D eigenvalue weighted by molar-refractivity contribution is 7.92. The number of carbonyl (C=O) groups is 2. The van der Waals surface area contributed by atoms with Crippen LogP contribution in [0.4, 0.5) is 5.69 Å². The average Bonchev–Trinajstić information content (AvgIpc) is 3.04. The van der Waals surface area contributed by atoms with E-state index >= 15 is 0 Å². The quantitative estimate of drug-likeness (QED) is 0.196. The summed E-state index contributed by atoms with van der Waals surface area (Å²) in [6.07, 6.45) is 0.224. The van der Waals surface area contributed by atoms with Gasteiger partial charge in [0.05, 0.1) is 24.8 Å². The molecule has 4 rings (SSSR count). The van der Waals surface area contributed by atoms with Gasteiger partial charge in [-0.2, -0.15) is 0 Å². The number of methoxy groups -OCH3 is 2. The summed E-state index contributed by atoms with van der Waals surface area (Å²) in [4.78, 5) is 30.2. The number of nitrogens with one attached hydrogen (secondary N) is 1. The molecule has 0 radical (unpaired) electrons. The summed E-state index contributed by atoms with van der Waals surface area (Å²) in [5.74, 6) is -0.187. The van der Waals surface area contributed by atoms with E-state index in [4.69, 9.17) is 9.47 Å². The second kappa shape index (κ2) is 15.2. The fraction of sp³-hybridized carbons (Fsp3) is 0.297. The lowest BCUT2D eigenvalue weighted by Crippen LogP contribution is -2.56. The third kappa shape index (κ3) is 9.13. The van der Waals surface area contributed by atoms with Crippen molar-refractivity contribution in [2.24, 2.45) is 0 Å². The molecule has 10 heteroatoms. The molecule has 4 aromatic carbocycles. The summed E-state index contributed by atoms with van der Waals surface area (Å²) in [6.45, 7) is 7.09. The van der Waals surface area contributed by atoms with Crippen LogP contribution in [0.15, 0.2) is 108 Å². The van der Waals surface area contributed by atoms with E-state index in [1.807, 2.05) is 82.3 Å². The van der Waals surface area contributed by atoms with Crippen LogP contribution in [0.25, 0.3) is 0 Å². The Balaban J connectivity index is 1.85. The van der Waals surface area contributed by atoms with Gasteiger partial charge < -0.3 is 19.7 Å². The molecule has 0 fully saturated rings. The molecule has 0 saturated carbocycles. The normalized spacial score (nSPS) is 12.1. The van der Waals surface area contributed by atoms with Gasteiger partial charge in [0.2, 0.25) is 11.8 Å². The maximum Gasteiger partial charge on any atom is 0.264 e. The maximum absolute atomic E-state index is 14.7. The fourth-order valence-corrected chi connectivity index (χ4v) is 6.67. The molecule has 1 unspecified atom stereocenters. The number of hydrogen-bond donors (Lipinski definition) is 1. The van der Waals surface area contributed by atoms with Crippen LogP contribution in [0.1, 0.15) is 37.5 Å². The molecular formula is C37H43N3O6S. The number of benzene rings is 4. The van der Waals surface area contributed by atoms with Crippen LogP contribution in [-0.4, -0.2) is 57.5 Å². The van der Waals surface area contributed by atoms with E-state index in [1.165, 1.54) is 37.3 Å². The number of ether oxygens (including phenoxy) is 2. The summed E-state index contributed by atoms with van der Waals surface area (Å²) >= 11 is 0. The van der Waals surface area contributed by atoms with Crippen molar-refractivity contribution in [3.8, 4) is 11.5 Å². The Hall–Kier alpha value is -4.83. The Labute approximate surface area is 278 Å². The number of nitrogens with zero attached hydrogens (tertiary/aromatic N) is 2. The van der Waals surface area contributed by atoms with Crippen LogP contribution in [0.2, 0.25) is 0 Å². The largest absolute Gasteiger partial charge is 0.493 e. The first-order valence-corrected chi connectivity index (χ1v) is 16.8. The summed E-state index contributed by atoms with van der Waals surface area (Å²) in [7, 11) is -1.31. The monoisotopic (exact) mass is 657 g/mol. The molecule has 0 aromatic heterocycles. The van der Waals surface area contributed by atoms with Crippen molar-refractivity contribution in [2.45, 2.75) is 57.1 Å². The van der Waals surface area contributed by atoms with Gasteiger partial charge in [0.1, 0.15) is 12.6 Å². The molecule has 0 aliphatic heterocycles. The van der Waals surface area contributed by atoms with E-state index in [1.54, 1.807) is 30.3 Å². The molecule has 1 atom stereocenters. The second-order valence-electron chi connectivity index (χ2n) is 12.3. The van der Waals surface area contributed by atoms with Crippen LogP contribution in [-0.2, 0) is 32.6 Å². The number of hydrogen-bond acceptors (Lipinski definition) is 6. The van der Waals surface area contributed by atoms with E-state index in [2.05, 4.69) is 5.32 Å². The topological polar surface area (TPSA) is 105 Å². The Morgan fingerprint density at radius 3 is 2.00 bits per heavy atom. The van der Waals surface area contributed by atoms with Crippen molar-refractivity contribution in [1.29, 1.82) is 0 Å². The highest BCUT2D eigenvalue weighted by Gasteiger charge is 2.36. The number of aryl methyl sites for hydroxylation is 1.